The van der Waals surface area contributed by atoms with E-state index in [1.54, 1.807) is 29.0 Å². The van der Waals surface area contributed by atoms with Gasteiger partial charge in [0.25, 0.3) is 11.8 Å². The molecule has 0 spiro atoms. The van der Waals surface area contributed by atoms with Crippen molar-refractivity contribution in [2.24, 2.45) is 5.73 Å². The van der Waals surface area contributed by atoms with Crippen LogP contribution in [-0.2, 0) is 4.79 Å². The van der Waals surface area contributed by atoms with Crippen LogP contribution in [0.4, 0.5) is 10.2 Å². The summed E-state index contributed by atoms with van der Waals surface area (Å²) in [7, 11) is 1.64. The van der Waals surface area contributed by atoms with E-state index in [4.69, 9.17) is 12.2 Å². The van der Waals surface area contributed by atoms with Gasteiger partial charge in [-0.05, 0) is 37.2 Å². The molecule has 1 saturated heterocycles. The summed E-state index contributed by atoms with van der Waals surface area (Å²) in [5.41, 5.74) is 7.40. The third kappa shape index (κ3) is 3.63. The predicted octanol–water partition coefficient (Wildman–Crippen LogP) is 1.65. The maximum atomic E-state index is 14.8. The fourth-order valence-electron chi connectivity index (χ4n) is 4.39. The molecule has 9 nitrogen and oxygen atoms in total. The number of hydrogen-bond donors (Lipinski definition) is 2. The predicted molar refractivity (Wildman–Crippen MR) is 123 cm³/mol. The monoisotopic (exact) mass is 459 g/mol. The summed E-state index contributed by atoms with van der Waals surface area (Å²) >= 11 is 0. The molecule has 0 bridgehead atoms. The van der Waals surface area contributed by atoms with Crippen molar-refractivity contribution in [1.82, 2.24) is 24.2 Å². The van der Waals surface area contributed by atoms with Gasteiger partial charge in [0.1, 0.15) is 17.2 Å². The minimum atomic E-state index is -0.714. The first-order valence-electron chi connectivity index (χ1n) is 10.9. The molecule has 2 fully saturated rings. The van der Waals surface area contributed by atoms with Gasteiger partial charge in [0.05, 0.1) is 29.0 Å². The second-order valence-electron chi connectivity index (χ2n) is 8.42. The lowest BCUT2D eigenvalue weighted by Gasteiger charge is -2.15. The van der Waals surface area contributed by atoms with E-state index in [0.29, 0.717) is 36.9 Å². The van der Waals surface area contributed by atoms with E-state index in [9.17, 15) is 14.0 Å². The highest BCUT2D eigenvalue weighted by molar-refractivity contribution is 6.00. The Labute approximate surface area is 195 Å². The number of fused-ring (bicyclic) bond motifs is 1. The lowest BCUT2D eigenvalue weighted by molar-refractivity contribution is -0.124. The van der Waals surface area contributed by atoms with Crippen molar-refractivity contribution in [3.63, 3.8) is 0 Å². The number of carbonyl (C=O) groups excluding carboxylic acids is 2. The SMILES string of the molecule is C#CC(=O)N1CC[C@H](n2nc(C#Cc3cc4ncn(C5CC5)c4cc3F)c(C(N)=O)c2NC)C1. The van der Waals surface area contributed by atoms with E-state index >= 15 is 0 Å². The van der Waals surface area contributed by atoms with Crippen LogP contribution in [0.1, 0.15) is 53.0 Å². The fourth-order valence-corrected chi connectivity index (χ4v) is 4.39. The van der Waals surface area contributed by atoms with Crippen LogP contribution in [0.25, 0.3) is 11.0 Å². The van der Waals surface area contributed by atoms with Crippen LogP contribution >= 0.6 is 0 Å². The van der Waals surface area contributed by atoms with Crippen molar-refractivity contribution in [2.75, 3.05) is 25.5 Å². The number of carbonyl (C=O) groups is 2. The van der Waals surface area contributed by atoms with Crippen molar-refractivity contribution >= 4 is 28.7 Å². The summed E-state index contributed by atoms with van der Waals surface area (Å²) in [4.78, 5) is 30.0. The Morgan fingerprint density at radius 3 is 2.71 bits per heavy atom. The normalized spacial score (nSPS) is 17.3. The van der Waals surface area contributed by atoms with Crippen LogP contribution in [-0.4, -0.2) is 56.2 Å². The molecule has 34 heavy (non-hydrogen) atoms. The highest BCUT2D eigenvalue weighted by Gasteiger charge is 2.31. The zero-order valence-corrected chi connectivity index (χ0v) is 18.5. The number of aromatic nitrogens is 4. The van der Waals surface area contributed by atoms with Crippen LogP contribution in [0.15, 0.2) is 18.5 Å². The van der Waals surface area contributed by atoms with E-state index in [0.717, 1.165) is 18.4 Å². The minimum Gasteiger partial charge on any atom is -0.373 e. The van der Waals surface area contributed by atoms with Crippen LogP contribution in [0, 0.1) is 30.0 Å². The van der Waals surface area contributed by atoms with Gasteiger partial charge in [0.15, 0.2) is 5.69 Å². The molecule has 1 saturated carbocycles. The number of amides is 2. The quantitative estimate of drug-likeness (QED) is 0.577. The first-order chi connectivity index (χ1) is 16.4. The van der Waals surface area contributed by atoms with E-state index < -0.39 is 17.6 Å². The van der Waals surface area contributed by atoms with Gasteiger partial charge in [-0.25, -0.2) is 14.1 Å². The molecule has 2 aromatic heterocycles. The van der Waals surface area contributed by atoms with E-state index in [2.05, 4.69) is 33.2 Å². The summed E-state index contributed by atoms with van der Waals surface area (Å²) in [6, 6.07) is 3.20. The van der Waals surface area contributed by atoms with Gasteiger partial charge in [-0.2, -0.15) is 5.10 Å². The van der Waals surface area contributed by atoms with Gasteiger partial charge < -0.3 is 20.5 Å². The molecule has 2 amide bonds. The zero-order valence-electron chi connectivity index (χ0n) is 18.5. The minimum absolute atomic E-state index is 0.108. The summed E-state index contributed by atoms with van der Waals surface area (Å²) in [6.07, 6.45) is 9.69. The maximum absolute atomic E-state index is 14.8. The fraction of sp³-hybridized carbons (Fsp3) is 0.333. The lowest BCUT2D eigenvalue weighted by atomic mass is 10.1. The largest absolute Gasteiger partial charge is 0.373 e. The Kier molecular flexibility index (Phi) is 5.21. The Bertz CT molecular complexity index is 1430. The smallest absolute Gasteiger partial charge is 0.298 e. The molecule has 2 aliphatic rings. The van der Waals surface area contributed by atoms with Gasteiger partial charge in [0, 0.05) is 32.2 Å². The Morgan fingerprint density at radius 2 is 2.03 bits per heavy atom. The number of halogens is 1. The second kappa shape index (κ2) is 8.23. The average molecular weight is 459 g/mol. The van der Waals surface area contributed by atoms with Crippen LogP contribution in [0.3, 0.4) is 0 Å². The van der Waals surface area contributed by atoms with Gasteiger partial charge in [-0.1, -0.05) is 5.92 Å². The molecule has 3 heterocycles. The third-order valence-corrected chi connectivity index (χ3v) is 6.23. The molecule has 5 rings (SSSR count). The van der Waals surface area contributed by atoms with Gasteiger partial charge in [-0.3, -0.25) is 9.59 Å². The third-order valence-electron chi connectivity index (χ3n) is 6.23. The van der Waals surface area contributed by atoms with E-state index in [1.807, 2.05) is 4.57 Å². The molecule has 3 aromatic rings. The molecule has 0 unspecified atom stereocenters. The number of imidazole rings is 1. The molecule has 1 aromatic carbocycles. The standard InChI is InChI=1S/C24H22FN7O2/c1-3-21(33)30-9-8-16(12-30)32-24(27-2)22(23(26)34)18(29-32)7-4-14-10-19-20(11-17(14)25)31(13-28-19)15-5-6-15/h1,10-11,13,15-16,27H,5-6,8-9,12H2,2H3,(H2,26,34)/t16-/m0/s1. The highest BCUT2D eigenvalue weighted by atomic mass is 19.1. The summed E-state index contributed by atoms with van der Waals surface area (Å²) < 4.78 is 18.4. The summed E-state index contributed by atoms with van der Waals surface area (Å²) in [5, 5.41) is 7.45. The molecule has 172 valence electrons. The Balaban J connectivity index is 1.52. The number of likely N-dealkylation sites (tertiary alicyclic amines) is 1. The number of hydrogen-bond acceptors (Lipinski definition) is 5. The molecule has 1 aliphatic heterocycles. The number of benzene rings is 1. The number of anilines is 1. The topological polar surface area (TPSA) is 111 Å². The maximum Gasteiger partial charge on any atom is 0.298 e. The van der Waals surface area contributed by atoms with E-state index in [1.165, 1.54) is 6.07 Å². The van der Waals surface area contributed by atoms with Crippen LogP contribution in [0.2, 0.25) is 0 Å². The van der Waals surface area contributed by atoms with Crippen LogP contribution in [0.5, 0.6) is 0 Å². The number of primary amides is 1. The van der Waals surface area contributed by atoms with Gasteiger partial charge >= 0.3 is 0 Å². The molecule has 10 heteroatoms. The first kappa shape index (κ1) is 21.5. The summed E-state index contributed by atoms with van der Waals surface area (Å²) in [5.74, 6) is 6.51. The Morgan fingerprint density at radius 1 is 1.24 bits per heavy atom. The number of nitrogens with one attached hydrogen (secondary N) is 1. The van der Waals surface area contributed by atoms with Crippen molar-refractivity contribution < 1.29 is 14.0 Å². The van der Waals surface area contributed by atoms with Crippen molar-refractivity contribution in [2.45, 2.75) is 31.3 Å². The number of nitrogens with two attached hydrogens (primary N) is 1. The van der Waals surface area contributed by atoms with E-state index in [-0.39, 0.29) is 22.9 Å². The van der Waals surface area contributed by atoms with Crippen molar-refractivity contribution in [3.8, 4) is 24.2 Å². The molecular weight excluding hydrogens is 437 g/mol. The first-order valence-corrected chi connectivity index (χ1v) is 10.9. The van der Waals surface area contributed by atoms with Crippen molar-refractivity contribution in [1.29, 1.82) is 0 Å². The average Bonchev–Trinajstić information content (AvgIpc) is 3.24. The molecule has 1 aliphatic carbocycles. The molecule has 1 atom stereocenters. The highest BCUT2D eigenvalue weighted by Crippen LogP contribution is 2.37. The molecular formula is C24H22FN7O2. The second-order valence-corrected chi connectivity index (χ2v) is 8.42. The number of rotatable bonds is 4. The Hall–Kier alpha value is -4.31. The van der Waals surface area contributed by atoms with Gasteiger partial charge in [0.2, 0.25) is 0 Å². The number of nitrogens with zero attached hydrogens (tertiary/aromatic N) is 5. The number of terminal acetylenes is 1. The lowest BCUT2D eigenvalue weighted by Crippen LogP contribution is -2.28. The zero-order chi connectivity index (χ0) is 24.0. The molecule has 3 N–H and O–H groups in total. The van der Waals surface area contributed by atoms with Gasteiger partial charge in [-0.15, -0.1) is 6.42 Å². The summed E-state index contributed by atoms with van der Waals surface area (Å²) in [6.45, 7) is 0.821. The van der Waals surface area contributed by atoms with Crippen molar-refractivity contribution in [3.05, 3.63) is 41.1 Å². The van der Waals surface area contributed by atoms with Crippen LogP contribution < -0.4 is 11.1 Å². The molecule has 0 radical (unpaired) electrons.